The summed E-state index contributed by atoms with van der Waals surface area (Å²) in [5.41, 5.74) is 0.657. The molecule has 1 fully saturated rings. The molecule has 0 aliphatic carbocycles. The van der Waals surface area contributed by atoms with Crippen LogP contribution >= 0.6 is 11.3 Å². The summed E-state index contributed by atoms with van der Waals surface area (Å²) in [4.78, 5) is 26.9. The summed E-state index contributed by atoms with van der Waals surface area (Å²) in [6, 6.07) is 4.05. The number of hydrogen-bond donors (Lipinski definition) is 2. The molecule has 2 aromatic heterocycles. The minimum atomic E-state index is -0.134. The molecule has 2 atom stereocenters. The average molecular weight is 391 g/mol. The summed E-state index contributed by atoms with van der Waals surface area (Å²) in [5.74, 6) is -0.134. The summed E-state index contributed by atoms with van der Waals surface area (Å²) in [7, 11) is 1.64. The van der Waals surface area contributed by atoms with Crippen LogP contribution in [-0.2, 0) is 16.0 Å². The van der Waals surface area contributed by atoms with E-state index >= 15 is 0 Å². The van der Waals surface area contributed by atoms with Crippen molar-refractivity contribution in [1.82, 2.24) is 20.0 Å². The number of rotatable bonds is 7. The SMILES string of the molecule is COC[C@@H]1C[C@H](n2cc(NC(C)=O)cn2)CN1C(=O)NCCc1cccs1. The molecule has 1 aliphatic heterocycles. The number of hydrogen-bond acceptors (Lipinski definition) is 5. The second-order valence-corrected chi connectivity index (χ2v) is 7.63. The standard InChI is InChI=1S/C18H25N5O3S/c1-13(24)21-14-9-20-23(10-14)15-8-16(12-26-2)22(11-15)18(25)19-6-5-17-4-3-7-27-17/h3-4,7,9-10,15-16H,5-6,8,11-12H2,1-2H3,(H,19,25)(H,21,24)/t15-,16-/m0/s1. The van der Waals surface area contributed by atoms with Gasteiger partial charge >= 0.3 is 6.03 Å². The van der Waals surface area contributed by atoms with Gasteiger partial charge in [-0.25, -0.2) is 4.79 Å². The maximum atomic E-state index is 12.7. The van der Waals surface area contributed by atoms with Crippen molar-refractivity contribution in [1.29, 1.82) is 0 Å². The van der Waals surface area contributed by atoms with E-state index in [-0.39, 0.29) is 24.0 Å². The maximum absolute atomic E-state index is 12.7. The molecule has 27 heavy (non-hydrogen) atoms. The first-order valence-corrected chi connectivity index (χ1v) is 9.82. The van der Waals surface area contributed by atoms with Crippen LogP contribution in [0.3, 0.4) is 0 Å². The highest BCUT2D eigenvalue weighted by Gasteiger charge is 2.36. The van der Waals surface area contributed by atoms with E-state index in [1.54, 1.807) is 30.8 Å². The van der Waals surface area contributed by atoms with Crippen molar-refractivity contribution in [3.05, 3.63) is 34.8 Å². The highest BCUT2D eigenvalue weighted by molar-refractivity contribution is 7.09. The van der Waals surface area contributed by atoms with E-state index in [9.17, 15) is 9.59 Å². The molecule has 0 saturated carbocycles. The number of urea groups is 1. The molecule has 0 unspecified atom stereocenters. The molecule has 3 heterocycles. The summed E-state index contributed by atoms with van der Waals surface area (Å²) < 4.78 is 7.12. The van der Waals surface area contributed by atoms with E-state index in [2.05, 4.69) is 21.8 Å². The molecule has 0 bridgehead atoms. The lowest BCUT2D eigenvalue weighted by Crippen LogP contribution is -2.45. The fourth-order valence-electron chi connectivity index (χ4n) is 3.34. The Morgan fingerprint density at radius 3 is 3.00 bits per heavy atom. The molecule has 3 amide bonds. The molecule has 146 valence electrons. The van der Waals surface area contributed by atoms with Gasteiger partial charge in [-0.05, 0) is 24.3 Å². The van der Waals surface area contributed by atoms with Crippen molar-refractivity contribution in [2.45, 2.75) is 31.8 Å². The Kier molecular flexibility index (Phi) is 6.46. The Morgan fingerprint density at radius 1 is 1.44 bits per heavy atom. The monoisotopic (exact) mass is 391 g/mol. The van der Waals surface area contributed by atoms with Gasteiger partial charge in [-0.2, -0.15) is 5.10 Å². The molecule has 0 radical (unpaired) electrons. The van der Waals surface area contributed by atoms with Crippen molar-refractivity contribution in [3.63, 3.8) is 0 Å². The Morgan fingerprint density at radius 2 is 2.30 bits per heavy atom. The average Bonchev–Trinajstić information content (AvgIpc) is 3.35. The number of amides is 3. The van der Waals surface area contributed by atoms with Crippen LogP contribution in [0.4, 0.5) is 10.5 Å². The summed E-state index contributed by atoms with van der Waals surface area (Å²) in [6.07, 6.45) is 5.01. The normalized spacial score (nSPS) is 19.3. The number of aromatic nitrogens is 2. The molecule has 3 rings (SSSR count). The molecular formula is C18H25N5O3S. The van der Waals surface area contributed by atoms with Gasteiger partial charge in [0.05, 0.1) is 30.6 Å². The van der Waals surface area contributed by atoms with E-state index in [0.29, 0.717) is 25.4 Å². The van der Waals surface area contributed by atoms with Gasteiger partial charge in [-0.1, -0.05) is 6.07 Å². The van der Waals surface area contributed by atoms with Gasteiger partial charge in [-0.3, -0.25) is 9.48 Å². The largest absolute Gasteiger partial charge is 0.383 e. The molecule has 0 aromatic carbocycles. The zero-order valence-corrected chi connectivity index (χ0v) is 16.4. The number of thiophene rings is 1. The third kappa shape index (κ3) is 5.08. The molecule has 0 spiro atoms. The third-order valence-corrected chi connectivity index (χ3v) is 5.47. The first kappa shape index (κ1) is 19.4. The second-order valence-electron chi connectivity index (χ2n) is 6.60. The fraction of sp³-hybridized carbons (Fsp3) is 0.500. The van der Waals surface area contributed by atoms with E-state index in [4.69, 9.17) is 4.74 Å². The highest BCUT2D eigenvalue weighted by Crippen LogP contribution is 2.28. The van der Waals surface area contributed by atoms with Crippen molar-refractivity contribution < 1.29 is 14.3 Å². The summed E-state index contributed by atoms with van der Waals surface area (Å²) in [5, 5.41) is 12.1. The molecule has 2 aromatic rings. The van der Waals surface area contributed by atoms with Gasteiger partial charge in [0.25, 0.3) is 0 Å². The first-order valence-electron chi connectivity index (χ1n) is 8.94. The van der Waals surface area contributed by atoms with Crippen LogP contribution in [0.15, 0.2) is 29.9 Å². The topological polar surface area (TPSA) is 88.5 Å². The molecule has 1 saturated heterocycles. The zero-order chi connectivity index (χ0) is 19.2. The van der Waals surface area contributed by atoms with Gasteiger partial charge in [0.1, 0.15) is 0 Å². The Hall–Kier alpha value is -2.39. The number of nitrogens with zero attached hydrogens (tertiary/aromatic N) is 3. The van der Waals surface area contributed by atoms with E-state index < -0.39 is 0 Å². The molecule has 2 N–H and O–H groups in total. The Bertz CT molecular complexity index is 761. The van der Waals surface area contributed by atoms with Gasteiger partial charge < -0.3 is 20.3 Å². The molecule has 9 heteroatoms. The predicted molar refractivity (Wildman–Crippen MR) is 104 cm³/mol. The summed E-state index contributed by atoms with van der Waals surface area (Å²) >= 11 is 1.69. The molecule has 8 nitrogen and oxygen atoms in total. The second kappa shape index (κ2) is 9.01. The van der Waals surface area contributed by atoms with Gasteiger partial charge in [0.15, 0.2) is 0 Å². The van der Waals surface area contributed by atoms with Crippen molar-refractivity contribution in [3.8, 4) is 0 Å². The van der Waals surface area contributed by atoms with E-state index in [1.807, 2.05) is 21.0 Å². The smallest absolute Gasteiger partial charge is 0.317 e. The Labute approximate surface area is 162 Å². The number of likely N-dealkylation sites (tertiary alicyclic amines) is 1. The quantitative estimate of drug-likeness (QED) is 0.757. The zero-order valence-electron chi connectivity index (χ0n) is 15.6. The van der Waals surface area contributed by atoms with E-state index in [0.717, 1.165) is 12.8 Å². The summed E-state index contributed by atoms with van der Waals surface area (Å²) in [6.45, 7) is 3.10. The Balaban J connectivity index is 1.59. The lowest BCUT2D eigenvalue weighted by atomic mass is 10.2. The molecular weight excluding hydrogens is 366 g/mol. The van der Waals surface area contributed by atoms with Crippen molar-refractivity contribution in [2.75, 3.05) is 32.1 Å². The van der Waals surface area contributed by atoms with Gasteiger partial charge in [0.2, 0.25) is 5.91 Å². The van der Waals surface area contributed by atoms with Crippen LogP contribution < -0.4 is 10.6 Å². The highest BCUT2D eigenvalue weighted by atomic mass is 32.1. The molecule has 1 aliphatic rings. The minimum absolute atomic E-state index is 0.00449. The van der Waals surface area contributed by atoms with Crippen LogP contribution in [-0.4, -0.2) is 59.5 Å². The van der Waals surface area contributed by atoms with Crippen LogP contribution in [0, 0.1) is 0 Å². The minimum Gasteiger partial charge on any atom is -0.383 e. The van der Waals surface area contributed by atoms with Crippen LogP contribution in [0.2, 0.25) is 0 Å². The number of anilines is 1. The van der Waals surface area contributed by atoms with Crippen LogP contribution in [0.5, 0.6) is 0 Å². The van der Waals surface area contributed by atoms with Crippen molar-refractivity contribution in [2.24, 2.45) is 0 Å². The predicted octanol–water partition coefficient (Wildman–Crippen LogP) is 2.12. The number of carbonyl (C=O) groups is 2. The first-order chi connectivity index (χ1) is 13.1. The maximum Gasteiger partial charge on any atom is 0.317 e. The van der Waals surface area contributed by atoms with Crippen LogP contribution in [0.25, 0.3) is 0 Å². The third-order valence-electron chi connectivity index (χ3n) is 4.54. The van der Waals surface area contributed by atoms with Crippen molar-refractivity contribution >= 4 is 29.0 Å². The lowest BCUT2D eigenvalue weighted by molar-refractivity contribution is -0.114. The number of carbonyl (C=O) groups excluding carboxylic acids is 2. The van der Waals surface area contributed by atoms with Crippen LogP contribution in [0.1, 0.15) is 24.3 Å². The van der Waals surface area contributed by atoms with Gasteiger partial charge in [0, 0.05) is 38.2 Å². The number of methoxy groups -OCH3 is 1. The fourth-order valence-corrected chi connectivity index (χ4v) is 4.05. The van der Waals surface area contributed by atoms with Gasteiger partial charge in [-0.15, -0.1) is 11.3 Å². The number of ether oxygens (including phenoxy) is 1. The lowest BCUT2D eigenvalue weighted by Gasteiger charge is -2.24. The van der Waals surface area contributed by atoms with E-state index in [1.165, 1.54) is 11.8 Å². The number of nitrogens with one attached hydrogen (secondary N) is 2.